The second kappa shape index (κ2) is 16.6. The van der Waals surface area contributed by atoms with Crippen LogP contribution in [0.5, 0.6) is 0 Å². The van der Waals surface area contributed by atoms with Gasteiger partial charge in [0.05, 0.1) is 0 Å². The quantitative estimate of drug-likeness (QED) is 0.156. The van der Waals surface area contributed by atoms with E-state index in [1.54, 1.807) is 0 Å². The Morgan fingerprint density at radius 3 is 1.20 bits per heavy atom. The molecule has 5 aliphatic heterocycles. The first-order chi connectivity index (χ1) is 20.0. The van der Waals surface area contributed by atoms with Crippen LogP contribution in [0.2, 0.25) is 0 Å². The average molecular weight is 629 g/mol. The zero-order valence-electron chi connectivity index (χ0n) is 28.1. The van der Waals surface area contributed by atoms with Crippen molar-refractivity contribution in [3.63, 3.8) is 0 Å². The molecule has 16 unspecified atom stereocenters. The van der Waals surface area contributed by atoms with E-state index in [0.29, 0.717) is 72.5 Å². The average Bonchev–Trinajstić information content (AvgIpc) is 3.59. The van der Waals surface area contributed by atoms with Gasteiger partial charge in [0.15, 0.2) is 0 Å². The number of carbonyl (C=O) groups is 2. The summed E-state index contributed by atoms with van der Waals surface area (Å²) in [6.07, 6.45) is 9.53. The van der Waals surface area contributed by atoms with Gasteiger partial charge in [-0.25, -0.2) is 0 Å². The van der Waals surface area contributed by atoms with Crippen molar-refractivity contribution in [1.82, 2.24) is 21.3 Å². The summed E-state index contributed by atoms with van der Waals surface area (Å²) in [6.45, 7) is 17.8. The molecule has 5 rings (SSSR count). The first-order valence-electron chi connectivity index (χ1n) is 16.7. The number of carboxylic acids is 2. The number of carboxylic acid groups (broad SMARTS) is 2. The molecular weight excluding hydrogens is 574 g/mol. The molecule has 236 valence electrons. The number of hydrogen-bond donors (Lipinski definition) is 4. The molecule has 8 bridgehead atoms. The standard InChI is InChI=1S/C34H56N4O4.2Na/c1-7-21-17(3)25-13-26-19(5)23(9-11-33(39)40)31(37-26)16-32-24(10-12-34(41)42)20(6)28(38-32)15-30-22(8-2)18(4)27(36-30)14-29(21)35-25;;/h7-8,17-32,35-38H,1-2,9-16H2,3-6H3,(H,39,40)(H,41,42);;/q;2*+1/p-2. The van der Waals surface area contributed by atoms with Crippen LogP contribution in [0.15, 0.2) is 25.3 Å². The smallest absolute Gasteiger partial charge is 0.550 e. The Hall–Kier alpha value is 0.260. The molecule has 0 aromatic heterocycles. The maximum Gasteiger partial charge on any atom is 1.00 e. The van der Waals surface area contributed by atoms with Crippen LogP contribution in [0.1, 0.15) is 79.1 Å². The fourth-order valence-electron chi connectivity index (χ4n) is 10.2. The van der Waals surface area contributed by atoms with Crippen LogP contribution in [-0.4, -0.2) is 60.3 Å². The third kappa shape index (κ3) is 8.10. The zero-order chi connectivity index (χ0) is 30.3. The van der Waals surface area contributed by atoms with Gasteiger partial charge < -0.3 is 41.1 Å². The maximum absolute atomic E-state index is 11.5. The van der Waals surface area contributed by atoms with E-state index in [1.807, 2.05) is 0 Å². The normalized spacial score (nSPS) is 46.5. The summed E-state index contributed by atoms with van der Waals surface area (Å²) >= 11 is 0. The zero-order valence-corrected chi connectivity index (χ0v) is 32.1. The van der Waals surface area contributed by atoms with E-state index in [4.69, 9.17) is 0 Å². The molecule has 0 aromatic carbocycles. The molecule has 10 heteroatoms. The topological polar surface area (TPSA) is 128 Å². The minimum Gasteiger partial charge on any atom is -0.550 e. The minimum atomic E-state index is -0.988. The summed E-state index contributed by atoms with van der Waals surface area (Å²) in [7, 11) is 0. The van der Waals surface area contributed by atoms with E-state index in [2.05, 4.69) is 74.3 Å². The SMILES string of the molecule is C=CC1C2CC3NC(CC4NC(CC5NC(CC(N2)C1C)C(C)C5CCC(=O)[O-])C(CCC(=O)[O-])C4C)C(C=C)C3C.[Na+].[Na+]. The first-order valence-corrected chi connectivity index (χ1v) is 16.7. The molecule has 0 radical (unpaired) electrons. The molecule has 16 atom stereocenters. The maximum atomic E-state index is 11.5. The van der Waals surface area contributed by atoms with Crippen molar-refractivity contribution in [1.29, 1.82) is 0 Å². The minimum absolute atomic E-state index is 0. The van der Waals surface area contributed by atoms with Crippen LogP contribution in [0.3, 0.4) is 0 Å². The van der Waals surface area contributed by atoms with Gasteiger partial charge in [-0.15, -0.1) is 13.2 Å². The molecule has 5 aliphatic rings. The molecule has 5 fully saturated rings. The Morgan fingerprint density at radius 2 is 0.864 bits per heavy atom. The van der Waals surface area contributed by atoms with Gasteiger partial charge in [-0.05, 0) is 98.7 Å². The molecule has 5 heterocycles. The Bertz CT molecular complexity index is 1020. The molecule has 8 nitrogen and oxygen atoms in total. The molecule has 0 aliphatic carbocycles. The van der Waals surface area contributed by atoms with Crippen LogP contribution in [-0.2, 0) is 9.59 Å². The van der Waals surface area contributed by atoms with Crippen molar-refractivity contribution in [2.75, 3.05) is 0 Å². The van der Waals surface area contributed by atoms with Crippen LogP contribution >= 0.6 is 0 Å². The van der Waals surface area contributed by atoms with Crippen molar-refractivity contribution in [2.24, 2.45) is 47.3 Å². The first kappa shape index (κ1) is 38.7. The van der Waals surface area contributed by atoms with E-state index in [-0.39, 0.29) is 108 Å². The number of hydrogen-bond acceptors (Lipinski definition) is 8. The van der Waals surface area contributed by atoms with E-state index in [0.717, 1.165) is 25.7 Å². The second-order valence-electron chi connectivity index (χ2n) is 14.7. The molecule has 0 aromatic rings. The van der Waals surface area contributed by atoms with E-state index < -0.39 is 11.9 Å². The van der Waals surface area contributed by atoms with E-state index in [9.17, 15) is 19.8 Å². The van der Waals surface area contributed by atoms with Gasteiger partial charge in [0, 0.05) is 60.3 Å². The van der Waals surface area contributed by atoms with Gasteiger partial charge in [0.2, 0.25) is 0 Å². The van der Waals surface area contributed by atoms with Crippen molar-refractivity contribution in [3.05, 3.63) is 25.3 Å². The summed E-state index contributed by atoms with van der Waals surface area (Å²) in [5, 5.41) is 39.1. The molecule has 0 spiro atoms. The van der Waals surface area contributed by atoms with Crippen molar-refractivity contribution < 1.29 is 78.9 Å². The summed E-state index contributed by atoms with van der Waals surface area (Å²) in [6, 6.07) is 2.32. The number of fused-ring (bicyclic) bond motifs is 8. The van der Waals surface area contributed by atoms with Gasteiger partial charge in [0.25, 0.3) is 0 Å². The third-order valence-corrected chi connectivity index (χ3v) is 12.7. The molecule has 44 heavy (non-hydrogen) atoms. The van der Waals surface area contributed by atoms with Crippen molar-refractivity contribution in [2.45, 2.75) is 127 Å². The van der Waals surface area contributed by atoms with Gasteiger partial charge in [-0.2, -0.15) is 0 Å². The van der Waals surface area contributed by atoms with Gasteiger partial charge in [0.1, 0.15) is 0 Å². The van der Waals surface area contributed by atoms with Gasteiger partial charge >= 0.3 is 59.1 Å². The van der Waals surface area contributed by atoms with Gasteiger partial charge in [-0.1, -0.05) is 39.8 Å². The van der Waals surface area contributed by atoms with Crippen LogP contribution < -0.4 is 90.6 Å². The molecule has 0 amide bonds. The molecular formula is C34H54N4Na2O4. The fraction of sp³-hybridized carbons (Fsp3) is 0.824. The molecule has 5 saturated heterocycles. The van der Waals surface area contributed by atoms with Crippen LogP contribution in [0.25, 0.3) is 0 Å². The van der Waals surface area contributed by atoms with Gasteiger partial charge in [-0.3, -0.25) is 0 Å². The third-order valence-electron chi connectivity index (χ3n) is 12.7. The predicted molar refractivity (Wildman–Crippen MR) is 161 cm³/mol. The molecule has 0 saturated carbocycles. The monoisotopic (exact) mass is 628 g/mol. The van der Waals surface area contributed by atoms with Crippen molar-refractivity contribution in [3.8, 4) is 0 Å². The predicted octanol–water partition coefficient (Wildman–Crippen LogP) is -4.63. The number of aliphatic carboxylic acids is 2. The molecule has 4 N–H and O–H groups in total. The summed E-state index contributed by atoms with van der Waals surface area (Å²) in [5.41, 5.74) is 0. The Kier molecular flexibility index (Phi) is 14.6. The number of carbonyl (C=O) groups excluding carboxylic acids is 2. The summed E-state index contributed by atoms with van der Waals surface area (Å²) in [5.74, 6) is 0.874. The van der Waals surface area contributed by atoms with E-state index >= 15 is 0 Å². The summed E-state index contributed by atoms with van der Waals surface area (Å²) < 4.78 is 0. The van der Waals surface area contributed by atoms with E-state index in [1.165, 1.54) is 0 Å². The largest absolute Gasteiger partial charge is 1.00 e. The Morgan fingerprint density at radius 1 is 0.568 bits per heavy atom. The second-order valence-corrected chi connectivity index (χ2v) is 14.7. The van der Waals surface area contributed by atoms with Crippen molar-refractivity contribution >= 4 is 11.9 Å². The Labute approximate surface area is 309 Å². The van der Waals surface area contributed by atoms with Crippen LogP contribution in [0, 0.1) is 47.3 Å². The number of nitrogens with one attached hydrogen (secondary N) is 4. The van der Waals surface area contributed by atoms with Crippen LogP contribution in [0.4, 0.5) is 0 Å². The Balaban J connectivity index is 0.00000264. The number of rotatable bonds is 8. The summed E-state index contributed by atoms with van der Waals surface area (Å²) in [4.78, 5) is 23.0. The fourth-order valence-corrected chi connectivity index (χ4v) is 10.2.